The Morgan fingerprint density at radius 3 is 2.46 bits per heavy atom. The summed E-state index contributed by atoms with van der Waals surface area (Å²) in [6, 6.07) is 10.8. The second-order valence-corrected chi connectivity index (χ2v) is 7.46. The molecule has 0 radical (unpaired) electrons. The molecule has 1 heterocycles. The van der Waals surface area contributed by atoms with Crippen LogP contribution in [0.4, 0.5) is 0 Å². The van der Waals surface area contributed by atoms with Crippen LogP contribution in [-0.2, 0) is 12.8 Å². The summed E-state index contributed by atoms with van der Waals surface area (Å²) >= 11 is 5.64. The third kappa shape index (κ3) is 2.93. The minimum Gasteiger partial charge on any atom is -0.393 e. The highest BCUT2D eigenvalue weighted by Gasteiger charge is 2.27. The molecule has 1 fully saturated rings. The summed E-state index contributed by atoms with van der Waals surface area (Å²) in [7, 11) is 0. The zero-order chi connectivity index (χ0) is 16.5. The Morgan fingerprint density at radius 2 is 1.71 bits per heavy atom. The predicted octanol–water partition coefficient (Wildman–Crippen LogP) is 4.63. The first-order chi connectivity index (χ1) is 11.7. The van der Waals surface area contributed by atoms with E-state index in [1.165, 1.54) is 24.1 Å². The normalized spacial score (nSPS) is 23.7. The van der Waals surface area contributed by atoms with Gasteiger partial charge in [0.2, 0.25) is 0 Å². The summed E-state index contributed by atoms with van der Waals surface area (Å²) in [6.07, 6.45) is 8.29. The average Bonchev–Trinajstić information content (AvgIpc) is 2.63. The van der Waals surface area contributed by atoms with Crippen LogP contribution in [0.3, 0.4) is 0 Å². The van der Waals surface area contributed by atoms with Gasteiger partial charge in [0.1, 0.15) is 10.5 Å². The van der Waals surface area contributed by atoms with Crippen molar-refractivity contribution < 1.29 is 5.11 Å². The second kappa shape index (κ2) is 6.77. The van der Waals surface area contributed by atoms with Crippen LogP contribution in [0.2, 0.25) is 0 Å². The van der Waals surface area contributed by atoms with Gasteiger partial charge in [0.05, 0.1) is 6.10 Å². The van der Waals surface area contributed by atoms with E-state index in [0.717, 1.165) is 54.6 Å². The van der Waals surface area contributed by atoms with E-state index in [0.29, 0.717) is 6.04 Å². The fourth-order valence-corrected chi connectivity index (χ4v) is 4.54. The van der Waals surface area contributed by atoms with Gasteiger partial charge in [0, 0.05) is 22.9 Å². The Bertz CT molecular complexity index is 776. The van der Waals surface area contributed by atoms with Crippen LogP contribution in [-0.4, -0.2) is 20.8 Å². The van der Waals surface area contributed by atoms with Gasteiger partial charge in [0.15, 0.2) is 0 Å². The second-order valence-electron chi connectivity index (χ2n) is 7.07. The quantitative estimate of drug-likeness (QED) is 0.810. The number of benzene rings is 1. The molecule has 3 nitrogen and oxygen atoms in total. The smallest absolute Gasteiger partial charge is 0.142 e. The van der Waals surface area contributed by atoms with Crippen LogP contribution in [0.1, 0.15) is 55.8 Å². The van der Waals surface area contributed by atoms with Crippen molar-refractivity contribution in [1.29, 1.82) is 0 Å². The molecular formula is C20H24N2OS. The molecule has 0 aliphatic heterocycles. The van der Waals surface area contributed by atoms with E-state index in [2.05, 4.69) is 28.8 Å². The maximum Gasteiger partial charge on any atom is 0.142 e. The largest absolute Gasteiger partial charge is 0.393 e. The van der Waals surface area contributed by atoms with Crippen molar-refractivity contribution in [3.05, 3.63) is 46.2 Å². The molecule has 1 aromatic heterocycles. The number of hydrogen-bond acceptors (Lipinski definition) is 3. The molecule has 2 aliphatic rings. The fraction of sp³-hybridized carbons (Fsp3) is 0.500. The number of nitrogens with zero attached hydrogens (tertiary/aromatic N) is 2. The molecule has 2 aliphatic carbocycles. The van der Waals surface area contributed by atoms with E-state index in [9.17, 15) is 5.11 Å². The van der Waals surface area contributed by atoms with Crippen LogP contribution >= 0.6 is 12.2 Å². The standard InChI is InChI=1S/C20H24N2OS/c23-16-12-10-15(11-13-16)22-18-9-5-4-8-17(18)20(24)21-19(22)14-6-2-1-3-7-14/h1-3,6-7,15-16,23H,4-5,8-13H2. The highest BCUT2D eigenvalue weighted by molar-refractivity contribution is 7.71. The summed E-state index contributed by atoms with van der Waals surface area (Å²) in [5.74, 6) is 1.02. The lowest BCUT2D eigenvalue weighted by molar-refractivity contribution is 0.110. The lowest BCUT2D eigenvalue weighted by Gasteiger charge is -2.34. The van der Waals surface area contributed by atoms with Gasteiger partial charge in [-0.2, -0.15) is 0 Å². The van der Waals surface area contributed by atoms with Crippen molar-refractivity contribution >= 4 is 12.2 Å². The molecule has 126 valence electrons. The van der Waals surface area contributed by atoms with E-state index in [1.807, 2.05) is 6.07 Å². The molecule has 24 heavy (non-hydrogen) atoms. The maximum atomic E-state index is 9.90. The topological polar surface area (TPSA) is 38.0 Å². The number of hydrogen-bond donors (Lipinski definition) is 1. The minimum atomic E-state index is -0.135. The minimum absolute atomic E-state index is 0.135. The van der Waals surface area contributed by atoms with Crippen LogP contribution in [0.25, 0.3) is 11.4 Å². The summed E-state index contributed by atoms with van der Waals surface area (Å²) in [5.41, 5.74) is 3.84. The Kier molecular flexibility index (Phi) is 4.51. The van der Waals surface area contributed by atoms with Gasteiger partial charge in [-0.05, 0) is 51.4 Å². The van der Waals surface area contributed by atoms with Crippen molar-refractivity contribution in [3.8, 4) is 11.4 Å². The first kappa shape index (κ1) is 16.0. The zero-order valence-corrected chi connectivity index (χ0v) is 14.8. The number of aliphatic hydroxyl groups excluding tert-OH is 1. The fourth-order valence-electron chi connectivity index (χ4n) is 4.23. The number of rotatable bonds is 2. The van der Waals surface area contributed by atoms with E-state index >= 15 is 0 Å². The van der Waals surface area contributed by atoms with Crippen LogP contribution in [0, 0.1) is 4.64 Å². The molecule has 0 atom stereocenters. The Hall–Kier alpha value is -1.52. The van der Waals surface area contributed by atoms with Crippen LogP contribution in [0.15, 0.2) is 30.3 Å². The molecule has 1 saturated carbocycles. The molecule has 4 heteroatoms. The van der Waals surface area contributed by atoms with Gasteiger partial charge in [-0.3, -0.25) is 0 Å². The molecule has 4 rings (SSSR count). The molecule has 0 bridgehead atoms. The van der Waals surface area contributed by atoms with Crippen molar-refractivity contribution in [1.82, 2.24) is 9.55 Å². The van der Waals surface area contributed by atoms with E-state index in [-0.39, 0.29) is 6.10 Å². The molecule has 0 unspecified atom stereocenters. The van der Waals surface area contributed by atoms with Gasteiger partial charge in [-0.15, -0.1) is 0 Å². The number of aliphatic hydroxyl groups is 1. The number of fused-ring (bicyclic) bond motifs is 1. The van der Waals surface area contributed by atoms with Crippen molar-refractivity contribution in [2.45, 2.75) is 63.5 Å². The third-order valence-corrected chi connectivity index (χ3v) is 5.82. The Morgan fingerprint density at radius 1 is 1.00 bits per heavy atom. The summed E-state index contributed by atoms with van der Waals surface area (Å²) in [6.45, 7) is 0. The van der Waals surface area contributed by atoms with Gasteiger partial charge >= 0.3 is 0 Å². The zero-order valence-electron chi connectivity index (χ0n) is 13.9. The highest BCUT2D eigenvalue weighted by atomic mass is 32.1. The molecule has 0 saturated heterocycles. The SMILES string of the molecule is OC1CCC(n2c(-c3ccccc3)nc(=S)c3c2CCCC3)CC1. The van der Waals surface area contributed by atoms with Crippen molar-refractivity contribution in [2.75, 3.05) is 0 Å². The Labute approximate surface area is 148 Å². The van der Waals surface area contributed by atoms with Crippen LogP contribution < -0.4 is 0 Å². The lowest BCUT2D eigenvalue weighted by Crippen LogP contribution is -2.27. The average molecular weight is 340 g/mol. The van der Waals surface area contributed by atoms with Crippen LogP contribution in [0.5, 0.6) is 0 Å². The summed E-state index contributed by atoms with van der Waals surface area (Å²) in [4.78, 5) is 4.87. The monoisotopic (exact) mass is 340 g/mol. The molecule has 0 amide bonds. The van der Waals surface area contributed by atoms with Gasteiger partial charge in [-0.1, -0.05) is 42.5 Å². The first-order valence-corrected chi connectivity index (χ1v) is 9.52. The molecule has 1 N–H and O–H groups in total. The van der Waals surface area contributed by atoms with E-state index < -0.39 is 0 Å². The molecule has 2 aromatic rings. The first-order valence-electron chi connectivity index (χ1n) is 9.12. The number of aromatic nitrogens is 2. The lowest BCUT2D eigenvalue weighted by atomic mass is 9.90. The molecule has 1 aromatic carbocycles. The van der Waals surface area contributed by atoms with Gasteiger partial charge in [0.25, 0.3) is 0 Å². The van der Waals surface area contributed by atoms with E-state index in [4.69, 9.17) is 17.2 Å². The predicted molar refractivity (Wildman–Crippen MR) is 98.7 cm³/mol. The van der Waals surface area contributed by atoms with Gasteiger partial charge in [-0.25, -0.2) is 4.98 Å². The maximum absolute atomic E-state index is 9.90. The highest BCUT2D eigenvalue weighted by Crippen LogP contribution is 2.36. The van der Waals surface area contributed by atoms with E-state index in [1.54, 1.807) is 0 Å². The summed E-state index contributed by atoms with van der Waals surface area (Å²) in [5, 5.41) is 9.90. The summed E-state index contributed by atoms with van der Waals surface area (Å²) < 4.78 is 3.27. The van der Waals surface area contributed by atoms with Gasteiger partial charge < -0.3 is 9.67 Å². The van der Waals surface area contributed by atoms with Crippen molar-refractivity contribution in [3.63, 3.8) is 0 Å². The third-order valence-electron chi connectivity index (χ3n) is 5.49. The van der Waals surface area contributed by atoms with Crippen molar-refractivity contribution in [2.24, 2.45) is 0 Å². The Balaban J connectivity index is 1.89. The molecule has 0 spiro atoms. The molecular weight excluding hydrogens is 316 g/mol.